The number of carbonyl (C=O) groups excluding carboxylic acids is 2. The Morgan fingerprint density at radius 2 is 0.964 bits per heavy atom. The fourth-order valence-corrected chi connectivity index (χ4v) is 7.21. The summed E-state index contributed by atoms with van der Waals surface area (Å²) >= 11 is 0. The smallest absolute Gasteiger partial charge is 0.462 e. The Morgan fingerprint density at radius 3 is 1.44 bits per heavy atom. The summed E-state index contributed by atoms with van der Waals surface area (Å²) in [6.45, 7) is 3.71. The van der Waals surface area contributed by atoms with Gasteiger partial charge < -0.3 is 20.1 Å². The zero-order chi connectivity index (χ0) is 40.3. The van der Waals surface area contributed by atoms with Gasteiger partial charge in [-0.1, -0.05) is 192 Å². The SMILES string of the molecule is CCCCCCCCCCC/C=C/C/C=C/CCCC(=O)O[C@H](COC(=O)CCCCCCCCCCCCCCCCCCC)COP(=O)(O)OCCN. The Labute approximate surface area is 338 Å². The van der Waals surface area contributed by atoms with E-state index in [0.29, 0.717) is 6.42 Å². The summed E-state index contributed by atoms with van der Waals surface area (Å²) in [7, 11) is -4.38. The molecule has 0 aromatic rings. The maximum atomic E-state index is 12.6. The Bertz CT molecular complexity index is 959. The molecule has 2 atom stereocenters. The van der Waals surface area contributed by atoms with Gasteiger partial charge in [-0.3, -0.25) is 18.6 Å². The fraction of sp³-hybridized carbons (Fsp3) is 0.867. The zero-order valence-electron chi connectivity index (χ0n) is 35.7. The first-order chi connectivity index (χ1) is 26.8. The molecule has 10 heteroatoms. The molecule has 0 amide bonds. The van der Waals surface area contributed by atoms with Crippen molar-refractivity contribution in [2.75, 3.05) is 26.4 Å². The van der Waals surface area contributed by atoms with E-state index >= 15 is 0 Å². The number of rotatable bonds is 43. The number of allylic oxidation sites excluding steroid dienone is 4. The number of hydrogen-bond donors (Lipinski definition) is 2. The van der Waals surface area contributed by atoms with Crippen LogP contribution in [0.4, 0.5) is 0 Å². The van der Waals surface area contributed by atoms with E-state index in [4.69, 9.17) is 24.3 Å². The summed E-state index contributed by atoms with van der Waals surface area (Å²) < 4.78 is 32.8. The summed E-state index contributed by atoms with van der Waals surface area (Å²) in [6.07, 6.45) is 45.0. The van der Waals surface area contributed by atoms with Crippen LogP contribution in [-0.2, 0) is 32.7 Å². The molecule has 0 aromatic heterocycles. The van der Waals surface area contributed by atoms with Gasteiger partial charge >= 0.3 is 19.8 Å². The van der Waals surface area contributed by atoms with Crippen LogP contribution in [0.15, 0.2) is 24.3 Å². The fourth-order valence-electron chi connectivity index (χ4n) is 6.44. The first-order valence-corrected chi connectivity index (χ1v) is 24.3. The summed E-state index contributed by atoms with van der Waals surface area (Å²) in [4.78, 5) is 34.9. The zero-order valence-corrected chi connectivity index (χ0v) is 36.6. The van der Waals surface area contributed by atoms with Gasteiger partial charge in [-0.2, -0.15) is 0 Å². The van der Waals surface area contributed by atoms with E-state index in [1.54, 1.807) is 0 Å². The van der Waals surface area contributed by atoms with E-state index < -0.39 is 26.5 Å². The average Bonchev–Trinajstić information content (AvgIpc) is 3.17. The lowest BCUT2D eigenvalue weighted by molar-refractivity contribution is -0.161. The second kappa shape index (κ2) is 42.1. The standard InChI is InChI=1S/C45H86NO8P/c1-3-5-7-9-11-13-15-17-19-21-23-25-27-29-31-33-35-37-44(47)51-41-43(42-53-55(49,50)52-40-39-46)54-45(48)38-36-34-32-30-28-26-24-22-20-18-16-14-12-10-8-6-4-2/h24,26,30,32,43H,3-23,25,27-29,31,33-42,46H2,1-2H3,(H,49,50)/b26-24+,32-30+/t43-/m1/s1. The number of phosphoric acid groups is 1. The molecule has 0 aromatic carbocycles. The number of nitrogens with two attached hydrogens (primary N) is 1. The molecule has 324 valence electrons. The molecule has 0 aliphatic carbocycles. The second-order valence-electron chi connectivity index (χ2n) is 15.3. The van der Waals surface area contributed by atoms with Gasteiger partial charge in [0.25, 0.3) is 0 Å². The molecule has 0 heterocycles. The molecule has 0 aliphatic heterocycles. The molecule has 1 unspecified atom stereocenters. The molecule has 9 nitrogen and oxygen atoms in total. The van der Waals surface area contributed by atoms with E-state index in [-0.39, 0.29) is 38.6 Å². The molecular weight excluding hydrogens is 713 g/mol. The van der Waals surface area contributed by atoms with Crippen molar-refractivity contribution in [3.8, 4) is 0 Å². The molecule has 0 fully saturated rings. The highest BCUT2D eigenvalue weighted by atomic mass is 31.2. The van der Waals surface area contributed by atoms with Crippen molar-refractivity contribution in [3.05, 3.63) is 24.3 Å². The van der Waals surface area contributed by atoms with Crippen molar-refractivity contribution in [1.82, 2.24) is 0 Å². The van der Waals surface area contributed by atoms with E-state index in [9.17, 15) is 19.0 Å². The number of phosphoric ester groups is 1. The Morgan fingerprint density at radius 1 is 0.545 bits per heavy atom. The van der Waals surface area contributed by atoms with Crippen molar-refractivity contribution in [1.29, 1.82) is 0 Å². The van der Waals surface area contributed by atoms with Gasteiger partial charge in [0.05, 0.1) is 13.2 Å². The van der Waals surface area contributed by atoms with Gasteiger partial charge in [0, 0.05) is 19.4 Å². The highest BCUT2D eigenvalue weighted by Crippen LogP contribution is 2.43. The lowest BCUT2D eigenvalue weighted by atomic mass is 10.0. The Balaban J connectivity index is 4.16. The molecule has 3 N–H and O–H groups in total. The van der Waals surface area contributed by atoms with Crippen molar-refractivity contribution in [3.63, 3.8) is 0 Å². The van der Waals surface area contributed by atoms with Crippen LogP contribution in [0.1, 0.15) is 219 Å². The lowest BCUT2D eigenvalue weighted by Crippen LogP contribution is -2.29. The van der Waals surface area contributed by atoms with E-state index in [0.717, 1.165) is 38.5 Å². The highest BCUT2D eigenvalue weighted by Gasteiger charge is 2.26. The van der Waals surface area contributed by atoms with Crippen molar-refractivity contribution in [2.24, 2.45) is 5.73 Å². The van der Waals surface area contributed by atoms with Crippen LogP contribution in [0.25, 0.3) is 0 Å². The molecule has 0 rings (SSSR count). The summed E-state index contributed by atoms with van der Waals surface area (Å²) in [6, 6.07) is 0. The highest BCUT2D eigenvalue weighted by molar-refractivity contribution is 7.47. The van der Waals surface area contributed by atoms with Gasteiger partial charge in [0.2, 0.25) is 0 Å². The van der Waals surface area contributed by atoms with Gasteiger partial charge in [-0.25, -0.2) is 4.57 Å². The largest absolute Gasteiger partial charge is 0.472 e. The van der Waals surface area contributed by atoms with Gasteiger partial charge in [0.1, 0.15) is 6.61 Å². The molecule has 0 radical (unpaired) electrons. The lowest BCUT2D eigenvalue weighted by Gasteiger charge is -2.19. The molecule has 0 saturated carbocycles. The molecule has 55 heavy (non-hydrogen) atoms. The number of esters is 2. The van der Waals surface area contributed by atoms with Crippen LogP contribution in [0.2, 0.25) is 0 Å². The quantitative estimate of drug-likeness (QED) is 0.0267. The second-order valence-corrected chi connectivity index (χ2v) is 16.7. The maximum Gasteiger partial charge on any atom is 0.472 e. The third-order valence-electron chi connectivity index (χ3n) is 9.84. The van der Waals surface area contributed by atoms with E-state index in [1.807, 2.05) is 0 Å². The maximum absolute atomic E-state index is 12.6. The number of ether oxygens (including phenoxy) is 2. The van der Waals surface area contributed by atoms with Crippen LogP contribution >= 0.6 is 7.82 Å². The van der Waals surface area contributed by atoms with Crippen LogP contribution in [-0.4, -0.2) is 49.3 Å². The predicted octanol–water partition coefficient (Wildman–Crippen LogP) is 13.2. The van der Waals surface area contributed by atoms with Crippen LogP contribution in [0.3, 0.4) is 0 Å². The topological polar surface area (TPSA) is 134 Å². The van der Waals surface area contributed by atoms with Crippen LogP contribution in [0.5, 0.6) is 0 Å². The monoisotopic (exact) mass is 800 g/mol. The summed E-state index contributed by atoms with van der Waals surface area (Å²) in [5, 5.41) is 0. The van der Waals surface area contributed by atoms with Gasteiger partial charge in [-0.15, -0.1) is 0 Å². The molecular formula is C45H86NO8P. The Hall–Kier alpha value is -1.51. The third kappa shape index (κ3) is 41.9. The number of hydrogen-bond acceptors (Lipinski definition) is 8. The summed E-state index contributed by atoms with van der Waals surface area (Å²) in [5.74, 6) is -0.872. The third-order valence-corrected chi connectivity index (χ3v) is 10.8. The molecule has 0 aliphatic rings. The normalized spacial score (nSPS) is 13.5. The van der Waals surface area contributed by atoms with Crippen LogP contribution in [0, 0.1) is 0 Å². The molecule has 0 spiro atoms. The number of unbranched alkanes of at least 4 members (excludes halogenated alkanes) is 26. The van der Waals surface area contributed by atoms with Crippen molar-refractivity contribution < 1.29 is 37.6 Å². The van der Waals surface area contributed by atoms with Crippen molar-refractivity contribution in [2.45, 2.75) is 225 Å². The predicted molar refractivity (Wildman–Crippen MR) is 229 cm³/mol. The minimum atomic E-state index is -4.38. The van der Waals surface area contributed by atoms with Crippen LogP contribution < -0.4 is 5.73 Å². The first kappa shape index (κ1) is 53.5. The Kier molecular flexibility index (Phi) is 40.9. The van der Waals surface area contributed by atoms with E-state index in [2.05, 4.69) is 38.2 Å². The molecule has 0 saturated heterocycles. The summed E-state index contributed by atoms with van der Waals surface area (Å²) in [5.41, 5.74) is 5.35. The minimum Gasteiger partial charge on any atom is -0.462 e. The number of carbonyl (C=O) groups is 2. The van der Waals surface area contributed by atoms with Gasteiger partial charge in [-0.05, 0) is 38.5 Å². The molecule has 0 bridgehead atoms. The first-order valence-electron chi connectivity index (χ1n) is 22.8. The van der Waals surface area contributed by atoms with E-state index in [1.165, 1.54) is 148 Å². The van der Waals surface area contributed by atoms with Crippen molar-refractivity contribution >= 4 is 19.8 Å². The average molecular weight is 800 g/mol. The van der Waals surface area contributed by atoms with Gasteiger partial charge in [0.15, 0.2) is 6.10 Å². The minimum absolute atomic E-state index is 0.0490.